The highest BCUT2D eigenvalue weighted by atomic mass is 32.2. The van der Waals surface area contributed by atoms with E-state index in [-0.39, 0.29) is 27.8 Å². The third kappa shape index (κ3) is 4.07. The van der Waals surface area contributed by atoms with Crippen LogP contribution in [0.15, 0.2) is 17.0 Å². The average molecular weight is 369 g/mol. The molecule has 1 aliphatic rings. The number of rotatable bonds is 6. The quantitative estimate of drug-likeness (QED) is 0.733. The Morgan fingerprint density at radius 1 is 1.44 bits per heavy atom. The van der Waals surface area contributed by atoms with Crippen LogP contribution in [0.25, 0.3) is 0 Å². The monoisotopic (exact) mass is 369 g/mol. The summed E-state index contributed by atoms with van der Waals surface area (Å²) in [6, 6.07) is 3.01. The van der Waals surface area contributed by atoms with Crippen LogP contribution < -0.4 is 15.8 Å². The molecule has 0 bridgehead atoms. The Labute approximate surface area is 149 Å². The van der Waals surface area contributed by atoms with Gasteiger partial charge >= 0.3 is 0 Å². The van der Waals surface area contributed by atoms with Crippen molar-refractivity contribution >= 4 is 21.4 Å². The number of carbonyl (C=O) groups excluding carboxylic acids is 1. The van der Waals surface area contributed by atoms with E-state index < -0.39 is 15.1 Å². The second kappa shape index (κ2) is 7.61. The Bertz CT molecular complexity index is 747. The van der Waals surface area contributed by atoms with Crippen molar-refractivity contribution in [3.63, 3.8) is 0 Å². The lowest BCUT2D eigenvalue weighted by Crippen LogP contribution is -2.38. The molecule has 1 amide bonds. The van der Waals surface area contributed by atoms with Gasteiger partial charge in [-0.2, -0.15) is 0 Å². The van der Waals surface area contributed by atoms with Crippen LogP contribution in [0.1, 0.15) is 37.0 Å². The number of hydrogen-bond donors (Lipinski definition) is 2. The second-order valence-electron chi connectivity index (χ2n) is 6.67. The molecule has 2 rings (SSSR count). The Hall–Kier alpha value is -1.80. The van der Waals surface area contributed by atoms with Crippen LogP contribution in [0.5, 0.6) is 5.75 Å². The Morgan fingerprint density at radius 2 is 2.12 bits per heavy atom. The third-order valence-corrected chi connectivity index (χ3v) is 6.88. The maximum atomic E-state index is 12.6. The lowest BCUT2D eigenvalue weighted by atomic mass is 10.1. The van der Waals surface area contributed by atoms with Crippen molar-refractivity contribution in [1.29, 1.82) is 0 Å². The molecular weight excluding hydrogens is 342 g/mol. The summed E-state index contributed by atoms with van der Waals surface area (Å²) >= 11 is 0. The van der Waals surface area contributed by atoms with Gasteiger partial charge < -0.3 is 20.7 Å². The van der Waals surface area contributed by atoms with Crippen LogP contribution >= 0.6 is 0 Å². The van der Waals surface area contributed by atoms with Gasteiger partial charge in [-0.25, -0.2) is 8.42 Å². The predicted octanol–water partition coefficient (Wildman–Crippen LogP) is 1.28. The normalized spacial score (nSPS) is 18.5. The molecule has 0 radical (unpaired) electrons. The van der Waals surface area contributed by atoms with Gasteiger partial charge in [-0.3, -0.25) is 4.79 Å². The number of amides is 1. The summed E-state index contributed by atoms with van der Waals surface area (Å²) in [6.45, 7) is 4.68. The van der Waals surface area contributed by atoms with Crippen molar-refractivity contribution in [2.75, 3.05) is 33.0 Å². The summed E-state index contributed by atoms with van der Waals surface area (Å²) in [7, 11) is -0.144. The molecule has 1 fully saturated rings. The number of nitrogens with one attached hydrogen (secondary N) is 1. The number of carbonyl (C=O) groups is 1. The lowest BCUT2D eigenvalue weighted by Gasteiger charge is -2.20. The molecule has 1 unspecified atom stereocenters. The van der Waals surface area contributed by atoms with E-state index in [9.17, 15) is 13.2 Å². The van der Waals surface area contributed by atoms with Crippen molar-refractivity contribution in [3.8, 4) is 5.75 Å². The summed E-state index contributed by atoms with van der Waals surface area (Å²) in [5.74, 6) is -0.102. The number of anilines is 1. The van der Waals surface area contributed by atoms with Gasteiger partial charge in [-0.15, -0.1) is 0 Å². The van der Waals surface area contributed by atoms with Crippen molar-refractivity contribution in [2.45, 2.75) is 42.9 Å². The van der Waals surface area contributed by atoms with E-state index in [2.05, 4.69) is 10.2 Å². The van der Waals surface area contributed by atoms with E-state index >= 15 is 0 Å². The molecule has 8 heteroatoms. The fourth-order valence-corrected chi connectivity index (χ4v) is 4.14. The fourth-order valence-electron chi connectivity index (χ4n) is 2.97. The Kier molecular flexibility index (Phi) is 5.95. The van der Waals surface area contributed by atoms with Crippen LogP contribution in [0.2, 0.25) is 0 Å². The molecule has 1 aromatic carbocycles. The van der Waals surface area contributed by atoms with E-state index in [0.29, 0.717) is 12.6 Å². The number of methoxy groups -OCH3 is 1. The third-order valence-electron chi connectivity index (χ3n) is 4.67. The second-order valence-corrected chi connectivity index (χ2v) is 9.14. The highest BCUT2D eigenvalue weighted by molar-refractivity contribution is 7.92. The summed E-state index contributed by atoms with van der Waals surface area (Å²) < 4.78 is 30.2. The van der Waals surface area contributed by atoms with Crippen molar-refractivity contribution in [3.05, 3.63) is 17.7 Å². The summed E-state index contributed by atoms with van der Waals surface area (Å²) in [5, 5.41) is 2.24. The van der Waals surface area contributed by atoms with Crippen LogP contribution in [0, 0.1) is 0 Å². The van der Waals surface area contributed by atoms with Gasteiger partial charge in [0.1, 0.15) is 5.75 Å². The van der Waals surface area contributed by atoms with E-state index in [0.717, 1.165) is 19.4 Å². The molecule has 25 heavy (non-hydrogen) atoms. The van der Waals surface area contributed by atoms with Gasteiger partial charge in [-0.1, -0.05) is 0 Å². The van der Waals surface area contributed by atoms with Crippen LogP contribution in [-0.2, 0) is 9.84 Å². The largest absolute Gasteiger partial charge is 0.496 e. The minimum atomic E-state index is -3.60. The molecule has 1 heterocycles. The minimum Gasteiger partial charge on any atom is -0.496 e. The summed E-state index contributed by atoms with van der Waals surface area (Å²) in [4.78, 5) is 14.8. The molecule has 1 saturated heterocycles. The number of hydrogen-bond acceptors (Lipinski definition) is 6. The first kappa shape index (κ1) is 19.5. The van der Waals surface area contributed by atoms with E-state index in [1.54, 1.807) is 13.8 Å². The zero-order valence-corrected chi connectivity index (χ0v) is 16.0. The van der Waals surface area contributed by atoms with Gasteiger partial charge in [0, 0.05) is 18.7 Å². The molecule has 0 aliphatic carbocycles. The van der Waals surface area contributed by atoms with E-state index in [1.165, 1.54) is 19.2 Å². The Morgan fingerprint density at radius 3 is 2.64 bits per heavy atom. The van der Waals surface area contributed by atoms with Gasteiger partial charge in [0.2, 0.25) is 0 Å². The first-order chi connectivity index (χ1) is 11.7. The number of ether oxygens (including phenoxy) is 1. The smallest absolute Gasteiger partial charge is 0.255 e. The summed E-state index contributed by atoms with van der Waals surface area (Å²) in [6.07, 6.45) is 2.14. The minimum absolute atomic E-state index is 0.0357. The number of likely N-dealkylation sites (tertiary alicyclic amines) is 1. The lowest BCUT2D eigenvalue weighted by molar-refractivity contribution is 0.0940. The maximum absolute atomic E-state index is 12.6. The fraction of sp³-hybridized carbons (Fsp3) is 0.588. The number of sulfone groups is 1. The molecule has 7 nitrogen and oxygen atoms in total. The standard InChI is InChI=1S/C17H27N3O4S/c1-11(2)25(22,23)16-8-13(15(24-4)9-14(16)18)17(21)19-10-12-6-5-7-20(12)3/h8-9,11-12H,5-7,10,18H2,1-4H3,(H,19,21). The molecule has 0 aromatic heterocycles. The topological polar surface area (TPSA) is 102 Å². The van der Waals surface area contributed by atoms with Crippen molar-refractivity contribution in [2.24, 2.45) is 0 Å². The zero-order chi connectivity index (χ0) is 18.8. The number of nitrogens with zero attached hydrogens (tertiary/aromatic N) is 1. The molecule has 1 atom stereocenters. The molecular formula is C17H27N3O4S. The van der Waals surface area contributed by atoms with Crippen LogP contribution in [-0.4, -0.2) is 57.8 Å². The van der Waals surface area contributed by atoms with E-state index in [1.807, 2.05) is 7.05 Å². The predicted molar refractivity (Wildman–Crippen MR) is 97.7 cm³/mol. The first-order valence-corrected chi connectivity index (χ1v) is 9.93. The Balaban J connectivity index is 2.30. The van der Waals surface area contributed by atoms with Crippen molar-refractivity contribution < 1.29 is 17.9 Å². The van der Waals surface area contributed by atoms with Crippen LogP contribution in [0.3, 0.4) is 0 Å². The molecule has 3 N–H and O–H groups in total. The van der Waals surface area contributed by atoms with Gasteiger partial charge in [-0.05, 0) is 46.3 Å². The van der Waals surface area contributed by atoms with Crippen molar-refractivity contribution in [1.82, 2.24) is 10.2 Å². The highest BCUT2D eigenvalue weighted by Crippen LogP contribution is 2.30. The summed E-state index contributed by atoms with van der Waals surface area (Å²) in [5.41, 5.74) is 6.14. The SMILES string of the molecule is COc1cc(N)c(S(=O)(=O)C(C)C)cc1C(=O)NCC1CCCN1C. The number of nitrogens with two attached hydrogens (primary N) is 1. The first-order valence-electron chi connectivity index (χ1n) is 8.38. The van der Waals surface area contributed by atoms with Crippen LogP contribution in [0.4, 0.5) is 5.69 Å². The van der Waals surface area contributed by atoms with E-state index in [4.69, 9.17) is 10.5 Å². The zero-order valence-electron chi connectivity index (χ0n) is 15.2. The average Bonchev–Trinajstić information content (AvgIpc) is 2.96. The number of benzene rings is 1. The maximum Gasteiger partial charge on any atom is 0.255 e. The molecule has 0 spiro atoms. The molecule has 1 aromatic rings. The molecule has 140 valence electrons. The van der Waals surface area contributed by atoms with Gasteiger partial charge in [0.05, 0.1) is 28.5 Å². The van der Waals surface area contributed by atoms with Gasteiger partial charge in [0.15, 0.2) is 9.84 Å². The molecule has 0 saturated carbocycles. The van der Waals surface area contributed by atoms with Gasteiger partial charge in [0.25, 0.3) is 5.91 Å². The highest BCUT2D eigenvalue weighted by Gasteiger charge is 2.27. The number of nitrogen functional groups attached to an aromatic ring is 1. The molecule has 1 aliphatic heterocycles. The number of likely N-dealkylation sites (N-methyl/N-ethyl adjacent to an activating group) is 1.